The van der Waals surface area contributed by atoms with Crippen molar-refractivity contribution >= 4 is 5.91 Å². The van der Waals surface area contributed by atoms with Crippen molar-refractivity contribution in [2.45, 2.75) is 50.6 Å². The molecule has 2 atom stereocenters. The summed E-state index contributed by atoms with van der Waals surface area (Å²) in [6, 6.07) is 0.132. The Morgan fingerprint density at radius 1 is 1.23 bits per heavy atom. The number of carbonyl (C=O) groups is 1. The highest BCUT2D eigenvalue weighted by Crippen LogP contribution is 2.31. The maximum Gasteiger partial charge on any atom is 0.244 e. The van der Waals surface area contributed by atoms with Crippen LogP contribution in [0.1, 0.15) is 50.5 Å². The van der Waals surface area contributed by atoms with Crippen LogP contribution in [0, 0.1) is 5.92 Å². The Morgan fingerprint density at radius 2 is 2.00 bits per heavy atom. The number of likely N-dealkylation sites (tertiary alicyclic amines) is 1. The summed E-state index contributed by atoms with van der Waals surface area (Å²) in [7, 11) is 2.02. The van der Waals surface area contributed by atoms with Gasteiger partial charge in [-0.1, -0.05) is 24.4 Å². The van der Waals surface area contributed by atoms with Crippen LogP contribution >= 0.6 is 0 Å². The van der Waals surface area contributed by atoms with E-state index < -0.39 is 0 Å². The van der Waals surface area contributed by atoms with Crippen LogP contribution in [-0.4, -0.2) is 50.5 Å². The zero-order chi connectivity index (χ0) is 17.9. The van der Waals surface area contributed by atoms with E-state index in [-0.39, 0.29) is 23.9 Å². The van der Waals surface area contributed by atoms with Crippen molar-refractivity contribution in [3.8, 4) is 11.4 Å². The van der Waals surface area contributed by atoms with Gasteiger partial charge in [0, 0.05) is 30.9 Å². The number of aromatic nitrogens is 4. The fourth-order valence-corrected chi connectivity index (χ4v) is 3.98. The molecule has 2 aliphatic rings. The Balaban J connectivity index is 1.39. The predicted octanol–water partition coefficient (Wildman–Crippen LogP) is 1.97. The third-order valence-electron chi connectivity index (χ3n) is 5.42. The van der Waals surface area contributed by atoms with E-state index in [0.717, 1.165) is 31.4 Å². The van der Waals surface area contributed by atoms with Gasteiger partial charge in [-0.15, -0.1) is 0 Å². The Hall–Kier alpha value is -2.35. The molecule has 4 rings (SSSR count). The van der Waals surface area contributed by atoms with Gasteiger partial charge in [0.05, 0.1) is 11.6 Å². The van der Waals surface area contributed by atoms with E-state index in [9.17, 15) is 4.79 Å². The molecule has 2 fully saturated rings. The molecule has 0 spiro atoms. The van der Waals surface area contributed by atoms with Crippen LogP contribution in [0.5, 0.6) is 0 Å². The summed E-state index contributed by atoms with van der Waals surface area (Å²) < 4.78 is 5.47. The molecule has 1 aliphatic carbocycles. The molecule has 2 aromatic heterocycles. The number of hydrogen-bond donors (Lipinski definition) is 1. The van der Waals surface area contributed by atoms with Gasteiger partial charge < -0.3 is 9.84 Å². The number of nitrogens with one attached hydrogen (secondary N) is 1. The van der Waals surface area contributed by atoms with Crippen LogP contribution in [0.2, 0.25) is 0 Å². The predicted molar refractivity (Wildman–Crippen MR) is 93.8 cm³/mol. The number of carbonyl (C=O) groups excluding carboxylic acids is 1. The lowest BCUT2D eigenvalue weighted by atomic mass is 9.88. The molecule has 0 aromatic carbocycles. The van der Waals surface area contributed by atoms with Crippen LogP contribution in [0.3, 0.4) is 0 Å². The lowest BCUT2D eigenvalue weighted by Gasteiger charge is -2.22. The molecule has 0 radical (unpaired) electrons. The van der Waals surface area contributed by atoms with E-state index in [1.807, 2.05) is 7.05 Å². The van der Waals surface area contributed by atoms with Crippen LogP contribution < -0.4 is 5.32 Å². The van der Waals surface area contributed by atoms with Crippen molar-refractivity contribution in [3.63, 3.8) is 0 Å². The van der Waals surface area contributed by atoms with Gasteiger partial charge in [0.25, 0.3) is 0 Å². The van der Waals surface area contributed by atoms with Crippen molar-refractivity contribution in [3.05, 3.63) is 24.6 Å². The van der Waals surface area contributed by atoms with Crippen molar-refractivity contribution in [1.82, 2.24) is 30.3 Å². The van der Waals surface area contributed by atoms with Crippen molar-refractivity contribution < 1.29 is 9.32 Å². The van der Waals surface area contributed by atoms with Gasteiger partial charge in [0.2, 0.25) is 17.6 Å². The summed E-state index contributed by atoms with van der Waals surface area (Å²) in [5.41, 5.74) is 0.727. The SMILES string of the molecule is CN1CC(NC(=O)C2CCCCC2)CC1c1nc(-c2cncnc2)no1. The highest BCUT2D eigenvalue weighted by atomic mass is 16.5. The van der Waals surface area contributed by atoms with E-state index >= 15 is 0 Å². The summed E-state index contributed by atoms with van der Waals surface area (Å²) >= 11 is 0. The second kappa shape index (κ2) is 7.49. The first-order valence-electron chi connectivity index (χ1n) is 9.30. The minimum atomic E-state index is 0.0116. The Kier molecular flexibility index (Phi) is 4.92. The molecule has 3 heterocycles. The zero-order valence-electron chi connectivity index (χ0n) is 15.0. The van der Waals surface area contributed by atoms with Gasteiger partial charge in [0.1, 0.15) is 6.33 Å². The maximum absolute atomic E-state index is 12.5. The lowest BCUT2D eigenvalue weighted by Crippen LogP contribution is -2.40. The second-order valence-electron chi connectivity index (χ2n) is 7.31. The minimum absolute atomic E-state index is 0.0116. The highest BCUT2D eigenvalue weighted by Gasteiger charge is 2.36. The monoisotopic (exact) mass is 356 g/mol. The summed E-state index contributed by atoms with van der Waals surface area (Å²) in [4.78, 5) is 27.1. The van der Waals surface area contributed by atoms with Gasteiger partial charge in [-0.2, -0.15) is 4.98 Å². The first kappa shape index (κ1) is 17.1. The number of amides is 1. The van der Waals surface area contributed by atoms with E-state index in [1.165, 1.54) is 25.6 Å². The highest BCUT2D eigenvalue weighted by molar-refractivity contribution is 5.79. The summed E-state index contributed by atoms with van der Waals surface area (Å²) in [5, 5.41) is 7.27. The van der Waals surface area contributed by atoms with Crippen LogP contribution in [0.15, 0.2) is 23.2 Å². The first-order chi connectivity index (χ1) is 12.7. The number of nitrogens with zero attached hydrogens (tertiary/aromatic N) is 5. The van der Waals surface area contributed by atoms with Crippen LogP contribution in [-0.2, 0) is 4.79 Å². The molecule has 1 saturated heterocycles. The Bertz CT molecular complexity index is 743. The molecule has 138 valence electrons. The molecule has 2 unspecified atom stereocenters. The van der Waals surface area contributed by atoms with E-state index in [0.29, 0.717) is 11.7 Å². The standard InChI is InChI=1S/C18H24N6O2/c1-24-10-14(21-17(25)12-5-3-2-4-6-12)7-15(24)18-22-16(23-26-18)13-8-19-11-20-9-13/h8-9,11-12,14-15H,2-7,10H2,1H3,(H,21,25). The maximum atomic E-state index is 12.5. The molecular formula is C18H24N6O2. The number of hydrogen-bond acceptors (Lipinski definition) is 7. The Morgan fingerprint density at radius 3 is 2.77 bits per heavy atom. The van der Waals surface area contributed by atoms with Crippen LogP contribution in [0.4, 0.5) is 0 Å². The summed E-state index contributed by atoms with van der Waals surface area (Å²) in [6.45, 7) is 0.787. The minimum Gasteiger partial charge on any atom is -0.352 e. The van der Waals surface area contributed by atoms with Gasteiger partial charge >= 0.3 is 0 Å². The van der Waals surface area contributed by atoms with Crippen molar-refractivity contribution in [2.75, 3.05) is 13.6 Å². The molecule has 8 nitrogen and oxygen atoms in total. The van der Waals surface area contributed by atoms with Crippen molar-refractivity contribution in [2.24, 2.45) is 5.92 Å². The third kappa shape index (κ3) is 3.60. The molecule has 26 heavy (non-hydrogen) atoms. The molecule has 1 aliphatic heterocycles. The fourth-order valence-electron chi connectivity index (χ4n) is 3.98. The van der Waals surface area contributed by atoms with E-state index in [4.69, 9.17) is 4.52 Å². The molecule has 2 aromatic rings. The van der Waals surface area contributed by atoms with E-state index in [1.54, 1.807) is 12.4 Å². The van der Waals surface area contributed by atoms with E-state index in [2.05, 4.69) is 30.3 Å². The summed E-state index contributed by atoms with van der Waals surface area (Å²) in [5.74, 6) is 1.45. The fraction of sp³-hybridized carbons (Fsp3) is 0.611. The molecule has 1 amide bonds. The third-order valence-corrected chi connectivity index (χ3v) is 5.42. The smallest absolute Gasteiger partial charge is 0.244 e. The molecular weight excluding hydrogens is 332 g/mol. The van der Waals surface area contributed by atoms with Gasteiger partial charge in [-0.05, 0) is 26.3 Å². The van der Waals surface area contributed by atoms with Crippen molar-refractivity contribution in [1.29, 1.82) is 0 Å². The molecule has 0 bridgehead atoms. The normalized spacial score (nSPS) is 24.7. The zero-order valence-corrected chi connectivity index (χ0v) is 15.0. The Labute approximate surface area is 152 Å². The molecule has 1 N–H and O–H groups in total. The lowest BCUT2D eigenvalue weighted by molar-refractivity contribution is -0.126. The topological polar surface area (TPSA) is 97.0 Å². The molecule has 1 saturated carbocycles. The molecule has 8 heteroatoms. The number of rotatable bonds is 4. The first-order valence-corrected chi connectivity index (χ1v) is 9.30. The quantitative estimate of drug-likeness (QED) is 0.894. The van der Waals surface area contributed by atoms with Gasteiger partial charge in [-0.3, -0.25) is 9.69 Å². The summed E-state index contributed by atoms with van der Waals surface area (Å²) in [6.07, 6.45) is 11.2. The average Bonchev–Trinajstić information content (AvgIpc) is 3.30. The average molecular weight is 356 g/mol. The van der Waals surface area contributed by atoms with Gasteiger partial charge in [-0.25, -0.2) is 9.97 Å². The number of likely N-dealkylation sites (N-methyl/N-ethyl adjacent to an activating group) is 1. The second-order valence-corrected chi connectivity index (χ2v) is 7.31. The largest absolute Gasteiger partial charge is 0.352 e. The van der Waals surface area contributed by atoms with Crippen LogP contribution in [0.25, 0.3) is 11.4 Å². The van der Waals surface area contributed by atoms with Gasteiger partial charge in [0.15, 0.2) is 0 Å².